The highest BCUT2D eigenvalue weighted by atomic mass is 16.5. The third-order valence-electron chi connectivity index (χ3n) is 15.3. The predicted molar refractivity (Wildman–Crippen MR) is 310 cm³/mol. The monoisotopic (exact) mass is 1000 g/mol. The molecule has 0 fully saturated rings. The van der Waals surface area contributed by atoms with Gasteiger partial charge in [-0.15, -0.1) is 0 Å². The first-order chi connectivity index (χ1) is 35.0. The van der Waals surface area contributed by atoms with E-state index >= 15 is 0 Å². The standard InChI is InChI=1S/C65H127NO5/c1-3-5-7-9-11-13-15-17-19-31-35-39-43-47-51-55-59-65(70)71-60-56-52-48-44-40-36-32-28-26-24-22-20-21-23-25-27-30-34-38-42-46-50-54-58-64(69)66-62(61-67)63(68)57-53-49-45-41-37-33-29-18-16-14-12-10-8-6-4-2/h23,25,62-63,67-68H,3-22,24,26-61H2,1-2H3,(H,66,69)/b25-23-. The average molecular weight is 1000 g/mol. The molecule has 0 heterocycles. The van der Waals surface area contributed by atoms with Crippen LogP contribution in [0.1, 0.15) is 367 Å². The molecule has 2 unspecified atom stereocenters. The second kappa shape index (κ2) is 61.1. The molecule has 0 aromatic rings. The Bertz CT molecular complexity index is 1060. The molecule has 0 aliphatic heterocycles. The van der Waals surface area contributed by atoms with Crippen LogP contribution < -0.4 is 5.32 Å². The highest BCUT2D eigenvalue weighted by molar-refractivity contribution is 5.76. The minimum Gasteiger partial charge on any atom is -0.466 e. The molecule has 0 bridgehead atoms. The summed E-state index contributed by atoms with van der Waals surface area (Å²) in [4.78, 5) is 24.6. The van der Waals surface area contributed by atoms with Crippen LogP contribution in [0.25, 0.3) is 0 Å². The Morgan fingerprint density at radius 1 is 0.380 bits per heavy atom. The molecule has 3 N–H and O–H groups in total. The number of nitrogens with one attached hydrogen (secondary N) is 1. The van der Waals surface area contributed by atoms with Gasteiger partial charge in [0.1, 0.15) is 0 Å². The van der Waals surface area contributed by atoms with Gasteiger partial charge in [0, 0.05) is 12.8 Å². The smallest absolute Gasteiger partial charge is 0.305 e. The Kier molecular flexibility index (Phi) is 59.9. The first kappa shape index (κ1) is 69.6. The lowest BCUT2D eigenvalue weighted by atomic mass is 10.0. The molecule has 0 spiro atoms. The summed E-state index contributed by atoms with van der Waals surface area (Å²) in [5.41, 5.74) is 0. The molecule has 422 valence electrons. The Morgan fingerprint density at radius 2 is 0.662 bits per heavy atom. The van der Waals surface area contributed by atoms with Gasteiger partial charge < -0.3 is 20.3 Å². The zero-order chi connectivity index (χ0) is 51.4. The number of esters is 1. The number of hydrogen-bond acceptors (Lipinski definition) is 5. The maximum atomic E-state index is 12.5. The van der Waals surface area contributed by atoms with Gasteiger partial charge in [-0.25, -0.2) is 0 Å². The number of unbranched alkanes of at least 4 members (excludes halogenated alkanes) is 48. The molecular weight excluding hydrogens is 875 g/mol. The summed E-state index contributed by atoms with van der Waals surface area (Å²) in [5, 5.41) is 23.3. The molecule has 0 aromatic heterocycles. The third-order valence-corrected chi connectivity index (χ3v) is 15.3. The van der Waals surface area contributed by atoms with E-state index in [1.807, 2.05) is 0 Å². The van der Waals surface area contributed by atoms with Crippen LogP contribution in [0.3, 0.4) is 0 Å². The van der Waals surface area contributed by atoms with Gasteiger partial charge in [0.15, 0.2) is 0 Å². The molecule has 0 aliphatic rings. The molecule has 0 rings (SSSR count). The van der Waals surface area contributed by atoms with Crippen molar-refractivity contribution in [2.75, 3.05) is 13.2 Å². The first-order valence-corrected chi connectivity index (χ1v) is 32.4. The van der Waals surface area contributed by atoms with Crippen LogP contribution in [0.4, 0.5) is 0 Å². The molecule has 0 saturated carbocycles. The van der Waals surface area contributed by atoms with Gasteiger partial charge in [-0.2, -0.15) is 0 Å². The maximum Gasteiger partial charge on any atom is 0.305 e. The van der Waals surface area contributed by atoms with E-state index in [1.165, 1.54) is 295 Å². The van der Waals surface area contributed by atoms with Crippen LogP contribution in [0.15, 0.2) is 12.2 Å². The number of allylic oxidation sites excluding steroid dienone is 2. The summed E-state index contributed by atoms with van der Waals surface area (Å²) in [6, 6.07) is -0.545. The Morgan fingerprint density at radius 3 is 1.00 bits per heavy atom. The average Bonchev–Trinajstić information content (AvgIpc) is 3.37. The van der Waals surface area contributed by atoms with Crippen molar-refractivity contribution < 1.29 is 24.5 Å². The number of aliphatic hydroxyl groups excluding tert-OH is 2. The summed E-state index contributed by atoms with van der Waals surface area (Å²) >= 11 is 0. The first-order valence-electron chi connectivity index (χ1n) is 32.4. The van der Waals surface area contributed by atoms with Crippen molar-refractivity contribution >= 4 is 11.9 Å². The van der Waals surface area contributed by atoms with Crippen LogP contribution in [0.2, 0.25) is 0 Å². The van der Waals surface area contributed by atoms with E-state index in [1.54, 1.807) is 0 Å². The second-order valence-electron chi connectivity index (χ2n) is 22.5. The fourth-order valence-corrected chi connectivity index (χ4v) is 10.3. The summed E-state index contributed by atoms with van der Waals surface area (Å²) < 4.78 is 5.50. The van der Waals surface area contributed by atoms with E-state index in [9.17, 15) is 19.8 Å². The third kappa shape index (κ3) is 57.7. The van der Waals surface area contributed by atoms with E-state index in [4.69, 9.17) is 4.74 Å². The Labute approximate surface area is 444 Å². The topological polar surface area (TPSA) is 95.9 Å². The lowest BCUT2D eigenvalue weighted by molar-refractivity contribution is -0.143. The van der Waals surface area contributed by atoms with Crippen molar-refractivity contribution in [2.24, 2.45) is 0 Å². The van der Waals surface area contributed by atoms with E-state index in [0.717, 1.165) is 38.5 Å². The molecule has 0 aliphatic carbocycles. The van der Waals surface area contributed by atoms with Crippen LogP contribution >= 0.6 is 0 Å². The minimum atomic E-state index is -0.667. The van der Waals surface area contributed by atoms with Gasteiger partial charge in [0.2, 0.25) is 5.91 Å². The molecular formula is C65H127NO5. The number of amides is 1. The number of hydrogen-bond donors (Lipinski definition) is 3. The van der Waals surface area contributed by atoms with E-state index in [0.29, 0.717) is 25.9 Å². The van der Waals surface area contributed by atoms with E-state index < -0.39 is 12.1 Å². The maximum absolute atomic E-state index is 12.5. The normalized spacial score (nSPS) is 12.6. The molecule has 0 aromatic carbocycles. The lowest BCUT2D eigenvalue weighted by Crippen LogP contribution is -2.45. The van der Waals surface area contributed by atoms with Gasteiger partial charge in [-0.1, -0.05) is 315 Å². The molecule has 6 heteroatoms. The van der Waals surface area contributed by atoms with Crippen molar-refractivity contribution in [3.8, 4) is 0 Å². The number of carbonyl (C=O) groups is 2. The van der Waals surface area contributed by atoms with Gasteiger partial charge in [0.25, 0.3) is 0 Å². The zero-order valence-corrected chi connectivity index (χ0v) is 48.2. The molecule has 0 radical (unpaired) electrons. The van der Waals surface area contributed by atoms with Crippen molar-refractivity contribution in [3.05, 3.63) is 12.2 Å². The minimum absolute atomic E-state index is 0.0158. The summed E-state index contributed by atoms with van der Waals surface area (Å²) in [7, 11) is 0. The van der Waals surface area contributed by atoms with Crippen LogP contribution in [-0.4, -0.2) is 47.4 Å². The summed E-state index contributed by atoms with van der Waals surface area (Å²) in [6.45, 7) is 4.98. The van der Waals surface area contributed by atoms with Crippen LogP contribution in [0, 0.1) is 0 Å². The fourth-order valence-electron chi connectivity index (χ4n) is 10.3. The molecule has 71 heavy (non-hydrogen) atoms. The summed E-state index contributed by atoms with van der Waals surface area (Å²) in [5.74, 6) is -0.0228. The number of rotatable bonds is 61. The van der Waals surface area contributed by atoms with Crippen LogP contribution in [0.5, 0.6) is 0 Å². The van der Waals surface area contributed by atoms with Crippen molar-refractivity contribution in [1.82, 2.24) is 5.32 Å². The zero-order valence-electron chi connectivity index (χ0n) is 48.2. The molecule has 1 amide bonds. The SMILES string of the molecule is CCCCCCCCCCCCCCCCCCC(=O)OCCCCCCCCCCCCCC/C=C\CCCCCCCCCC(=O)NC(CO)C(O)CCCCCCCCCCCCCCCCC. The van der Waals surface area contributed by atoms with E-state index in [-0.39, 0.29) is 18.5 Å². The van der Waals surface area contributed by atoms with Gasteiger partial charge in [-0.05, 0) is 51.4 Å². The highest BCUT2D eigenvalue weighted by Crippen LogP contribution is 2.18. The highest BCUT2D eigenvalue weighted by Gasteiger charge is 2.20. The number of aliphatic hydroxyl groups is 2. The Hall–Kier alpha value is -1.40. The fraction of sp³-hybridized carbons (Fsp3) is 0.938. The quantitative estimate of drug-likeness (QED) is 0.0320. The van der Waals surface area contributed by atoms with Gasteiger partial charge in [-0.3, -0.25) is 9.59 Å². The summed E-state index contributed by atoms with van der Waals surface area (Å²) in [6.07, 6.45) is 73.7. The van der Waals surface area contributed by atoms with Crippen molar-refractivity contribution in [3.63, 3.8) is 0 Å². The van der Waals surface area contributed by atoms with Crippen molar-refractivity contribution in [1.29, 1.82) is 0 Å². The van der Waals surface area contributed by atoms with Crippen molar-refractivity contribution in [2.45, 2.75) is 379 Å². The second-order valence-corrected chi connectivity index (χ2v) is 22.5. The van der Waals surface area contributed by atoms with E-state index in [2.05, 4.69) is 31.3 Å². The number of ether oxygens (including phenoxy) is 1. The largest absolute Gasteiger partial charge is 0.466 e. The molecule has 0 saturated heterocycles. The van der Waals surface area contributed by atoms with Gasteiger partial charge >= 0.3 is 5.97 Å². The number of carbonyl (C=O) groups excluding carboxylic acids is 2. The Balaban J connectivity index is 3.38. The lowest BCUT2D eigenvalue weighted by Gasteiger charge is -2.22. The molecule has 2 atom stereocenters. The predicted octanol–water partition coefficient (Wildman–Crippen LogP) is 20.4. The molecule has 6 nitrogen and oxygen atoms in total. The van der Waals surface area contributed by atoms with Gasteiger partial charge in [0.05, 0.1) is 25.4 Å². The van der Waals surface area contributed by atoms with Crippen LogP contribution in [-0.2, 0) is 14.3 Å².